The number of rotatable bonds is 4. The molecular weight excluding hydrogens is 312 g/mol. The number of nitrogens with one attached hydrogen (secondary N) is 1. The van der Waals surface area contributed by atoms with Crippen LogP contribution in [0.15, 0.2) is 60.8 Å². The van der Waals surface area contributed by atoms with Crippen molar-refractivity contribution < 1.29 is 9.90 Å². The number of aliphatic hydroxyl groups is 1. The van der Waals surface area contributed by atoms with Crippen LogP contribution in [0.1, 0.15) is 17.2 Å². The van der Waals surface area contributed by atoms with Crippen molar-refractivity contribution in [3.63, 3.8) is 0 Å². The molecule has 0 spiro atoms. The lowest BCUT2D eigenvalue weighted by molar-refractivity contribution is -0.129. The van der Waals surface area contributed by atoms with Crippen LogP contribution in [0.5, 0.6) is 0 Å². The van der Waals surface area contributed by atoms with Crippen molar-refractivity contribution in [2.75, 3.05) is 0 Å². The molecule has 1 amide bonds. The van der Waals surface area contributed by atoms with E-state index in [4.69, 9.17) is 11.6 Å². The number of carbonyl (C=O) groups excluding carboxylic acids is 1. The predicted octanol–water partition coefficient (Wildman–Crippen LogP) is 3.24. The zero-order valence-electron chi connectivity index (χ0n) is 12.2. The first-order valence-electron chi connectivity index (χ1n) is 7.18. The van der Waals surface area contributed by atoms with Crippen LogP contribution < -0.4 is 5.32 Å². The van der Waals surface area contributed by atoms with E-state index < -0.39 is 12.0 Å². The summed E-state index contributed by atoms with van der Waals surface area (Å²) in [5, 5.41) is 14.3. The lowest BCUT2D eigenvalue weighted by Crippen LogP contribution is -2.28. The first kappa shape index (κ1) is 15.5. The lowest BCUT2D eigenvalue weighted by Gasteiger charge is -2.12. The number of aliphatic hydroxyl groups excluding tert-OH is 1. The maximum Gasteiger partial charge on any atom is 0.253 e. The first-order valence-corrected chi connectivity index (χ1v) is 7.56. The molecule has 1 aromatic heterocycles. The minimum absolute atomic E-state index is 0.307. The molecule has 1 atom stereocenters. The molecule has 0 aliphatic carbocycles. The van der Waals surface area contributed by atoms with Crippen LogP contribution in [0.25, 0.3) is 10.9 Å². The van der Waals surface area contributed by atoms with Gasteiger partial charge in [-0.15, -0.1) is 0 Å². The van der Waals surface area contributed by atoms with E-state index in [1.165, 1.54) is 0 Å². The molecule has 0 bridgehead atoms. The summed E-state index contributed by atoms with van der Waals surface area (Å²) < 4.78 is 0. The zero-order chi connectivity index (χ0) is 16.2. The predicted molar refractivity (Wildman–Crippen MR) is 90.0 cm³/mol. The molecule has 116 valence electrons. The Balaban J connectivity index is 1.66. The Morgan fingerprint density at radius 2 is 1.91 bits per heavy atom. The van der Waals surface area contributed by atoms with Gasteiger partial charge in [0.25, 0.3) is 5.91 Å². The highest BCUT2D eigenvalue weighted by Gasteiger charge is 2.16. The van der Waals surface area contributed by atoms with Crippen LogP contribution in [-0.2, 0) is 11.3 Å². The van der Waals surface area contributed by atoms with Crippen molar-refractivity contribution >= 4 is 28.4 Å². The number of fused-ring (bicyclic) bond motifs is 1. The van der Waals surface area contributed by atoms with Crippen LogP contribution >= 0.6 is 11.6 Å². The van der Waals surface area contributed by atoms with E-state index in [0.29, 0.717) is 17.1 Å². The summed E-state index contributed by atoms with van der Waals surface area (Å²) in [5.41, 5.74) is 2.28. The summed E-state index contributed by atoms with van der Waals surface area (Å²) in [7, 11) is 0. The van der Waals surface area contributed by atoms with E-state index in [0.717, 1.165) is 16.5 Å². The van der Waals surface area contributed by atoms with Gasteiger partial charge in [0.2, 0.25) is 0 Å². The number of carbonyl (C=O) groups is 1. The molecule has 0 aliphatic heterocycles. The number of benzene rings is 2. The van der Waals surface area contributed by atoms with Gasteiger partial charge >= 0.3 is 0 Å². The number of aromatic nitrogens is 1. The van der Waals surface area contributed by atoms with E-state index in [-0.39, 0.29) is 0 Å². The third-order valence-electron chi connectivity index (χ3n) is 3.55. The quantitative estimate of drug-likeness (QED) is 0.773. The van der Waals surface area contributed by atoms with Crippen molar-refractivity contribution in [2.24, 2.45) is 0 Å². The Morgan fingerprint density at radius 1 is 1.17 bits per heavy atom. The van der Waals surface area contributed by atoms with Crippen molar-refractivity contribution in [3.8, 4) is 0 Å². The fourth-order valence-electron chi connectivity index (χ4n) is 2.30. The number of halogens is 1. The van der Waals surface area contributed by atoms with Gasteiger partial charge in [-0.1, -0.05) is 41.9 Å². The van der Waals surface area contributed by atoms with Crippen molar-refractivity contribution in [1.82, 2.24) is 10.3 Å². The fraction of sp³-hybridized carbons (Fsp3) is 0.111. The van der Waals surface area contributed by atoms with Gasteiger partial charge in [0, 0.05) is 23.2 Å². The second-order valence-electron chi connectivity index (χ2n) is 5.21. The minimum atomic E-state index is -1.22. The summed E-state index contributed by atoms with van der Waals surface area (Å²) >= 11 is 5.80. The highest BCUT2D eigenvalue weighted by molar-refractivity contribution is 6.30. The zero-order valence-corrected chi connectivity index (χ0v) is 13.0. The summed E-state index contributed by atoms with van der Waals surface area (Å²) in [5.74, 6) is -0.458. The van der Waals surface area contributed by atoms with Crippen molar-refractivity contribution in [1.29, 1.82) is 0 Å². The molecule has 3 rings (SSSR count). The van der Waals surface area contributed by atoms with Crippen LogP contribution in [-0.4, -0.2) is 16.0 Å². The lowest BCUT2D eigenvalue weighted by atomic mass is 10.1. The molecule has 0 saturated carbocycles. The number of hydrogen-bond donors (Lipinski definition) is 2. The maximum atomic E-state index is 12.1. The summed E-state index contributed by atoms with van der Waals surface area (Å²) in [6.45, 7) is 0.307. The summed E-state index contributed by atoms with van der Waals surface area (Å²) in [6, 6.07) is 16.3. The molecule has 2 aromatic carbocycles. The molecule has 0 saturated heterocycles. The van der Waals surface area contributed by atoms with Gasteiger partial charge < -0.3 is 10.4 Å². The SMILES string of the molecule is O=C(NCc1cnc2ccccc2c1)[C@H](O)c1ccc(Cl)cc1. The molecule has 4 nitrogen and oxygen atoms in total. The molecule has 0 fully saturated rings. The van der Waals surface area contributed by atoms with Gasteiger partial charge in [-0.3, -0.25) is 9.78 Å². The monoisotopic (exact) mass is 326 g/mol. The molecule has 23 heavy (non-hydrogen) atoms. The fourth-order valence-corrected chi connectivity index (χ4v) is 2.42. The van der Waals surface area contributed by atoms with Crippen LogP contribution in [0.2, 0.25) is 5.02 Å². The van der Waals surface area contributed by atoms with Crippen molar-refractivity contribution in [2.45, 2.75) is 12.6 Å². The van der Waals surface area contributed by atoms with Crippen LogP contribution in [0.4, 0.5) is 0 Å². The Labute approximate surface area is 138 Å². The van der Waals surface area contributed by atoms with Gasteiger partial charge in [0.1, 0.15) is 0 Å². The van der Waals surface area contributed by atoms with Gasteiger partial charge in [0.05, 0.1) is 5.52 Å². The van der Waals surface area contributed by atoms with Gasteiger partial charge in [-0.05, 0) is 35.4 Å². The topological polar surface area (TPSA) is 62.2 Å². The largest absolute Gasteiger partial charge is 0.378 e. The van der Waals surface area contributed by atoms with Crippen molar-refractivity contribution in [3.05, 3.63) is 76.9 Å². The maximum absolute atomic E-state index is 12.1. The Kier molecular flexibility index (Phi) is 4.55. The van der Waals surface area contributed by atoms with E-state index in [2.05, 4.69) is 10.3 Å². The van der Waals surface area contributed by atoms with Gasteiger partial charge in [-0.25, -0.2) is 0 Å². The number of amides is 1. The highest BCUT2D eigenvalue weighted by atomic mass is 35.5. The molecule has 0 radical (unpaired) electrons. The molecule has 0 aliphatic rings. The average molecular weight is 327 g/mol. The Hall–Kier alpha value is -2.43. The van der Waals surface area contributed by atoms with E-state index in [1.807, 2.05) is 30.3 Å². The number of para-hydroxylation sites is 1. The number of hydrogen-bond acceptors (Lipinski definition) is 3. The Morgan fingerprint density at radius 3 is 2.70 bits per heavy atom. The normalized spacial score (nSPS) is 12.1. The summed E-state index contributed by atoms with van der Waals surface area (Å²) in [4.78, 5) is 16.4. The number of pyridine rings is 1. The summed E-state index contributed by atoms with van der Waals surface area (Å²) in [6.07, 6.45) is 0.498. The first-order chi connectivity index (χ1) is 11.1. The van der Waals surface area contributed by atoms with Crippen LogP contribution in [0, 0.1) is 0 Å². The second kappa shape index (κ2) is 6.77. The third kappa shape index (κ3) is 3.67. The van der Waals surface area contributed by atoms with Crippen LogP contribution in [0.3, 0.4) is 0 Å². The molecule has 2 N–H and O–H groups in total. The number of nitrogens with zero attached hydrogens (tertiary/aromatic N) is 1. The standard InChI is InChI=1S/C18H15ClN2O2/c19-15-7-5-13(6-8-15)17(22)18(23)21-11-12-9-14-3-1-2-4-16(14)20-10-12/h1-10,17,22H,11H2,(H,21,23)/t17-/m1/s1. The van der Waals surface area contributed by atoms with E-state index in [1.54, 1.807) is 30.5 Å². The van der Waals surface area contributed by atoms with E-state index >= 15 is 0 Å². The molecule has 0 unspecified atom stereocenters. The van der Waals surface area contributed by atoms with Gasteiger partial charge in [-0.2, -0.15) is 0 Å². The third-order valence-corrected chi connectivity index (χ3v) is 3.80. The molecular formula is C18H15ClN2O2. The van der Waals surface area contributed by atoms with Gasteiger partial charge in [0.15, 0.2) is 6.10 Å². The molecule has 1 heterocycles. The smallest absolute Gasteiger partial charge is 0.253 e. The molecule has 3 aromatic rings. The molecule has 5 heteroatoms. The average Bonchev–Trinajstić information content (AvgIpc) is 2.59. The Bertz CT molecular complexity index is 834. The minimum Gasteiger partial charge on any atom is -0.378 e. The second-order valence-corrected chi connectivity index (χ2v) is 5.64. The highest BCUT2D eigenvalue weighted by Crippen LogP contribution is 2.17. The van der Waals surface area contributed by atoms with E-state index in [9.17, 15) is 9.90 Å².